The van der Waals surface area contributed by atoms with Crippen molar-refractivity contribution < 1.29 is 24.2 Å². The van der Waals surface area contributed by atoms with Crippen molar-refractivity contribution in [3.63, 3.8) is 0 Å². The second kappa shape index (κ2) is 6.70. The van der Waals surface area contributed by atoms with Crippen LogP contribution in [0.3, 0.4) is 0 Å². The SMILES string of the molecule is Cc1ccc(O)c(N2C(=O)C(=O)/C(=C(\O)c3ccncc3)C2c2ccco2)c1. The standard InChI is InChI=1S/C21H16N2O5/c1-12-4-5-15(24)14(11-12)23-18(16-3-2-10-28-16)17(20(26)21(23)27)19(25)13-6-8-22-9-7-13/h2-11,18,24-25H,1H3/b19-17-. The van der Waals surface area contributed by atoms with Crippen LogP contribution in [0.5, 0.6) is 5.75 Å². The van der Waals surface area contributed by atoms with Crippen molar-refractivity contribution in [1.29, 1.82) is 0 Å². The van der Waals surface area contributed by atoms with E-state index in [1.54, 1.807) is 31.2 Å². The summed E-state index contributed by atoms with van der Waals surface area (Å²) in [6.45, 7) is 1.80. The van der Waals surface area contributed by atoms with Crippen LogP contribution in [-0.4, -0.2) is 26.9 Å². The number of carbonyl (C=O) groups is 2. The maximum Gasteiger partial charge on any atom is 0.300 e. The summed E-state index contributed by atoms with van der Waals surface area (Å²) < 4.78 is 5.47. The number of furan rings is 1. The molecule has 140 valence electrons. The number of Topliss-reactive ketones (excluding diaryl/α,β-unsaturated/α-hetero) is 1. The summed E-state index contributed by atoms with van der Waals surface area (Å²) in [5.74, 6) is -1.94. The molecule has 1 aliphatic rings. The van der Waals surface area contributed by atoms with Gasteiger partial charge in [-0.3, -0.25) is 19.5 Å². The molecule has 7 nitrogen and oxygen atoms in total. The molecule has 7 heteroatoms. The highest BCUT2D eigenvalue weighted by Gasteiger charge is 2.49. The van der Waals surface area contributed by atoms with Crippen molar-refractivity contribution in [3.05, 3.63) is 83.6 Å². The Bertz CT molecular complexity index is 1090. The number of aryl methyl sites for hydroxylation is 1. The number of rotatable bonds is 3. The van der Waals surface area contributed by atoms with Crippen LogP contribution in [0.15, 0.2) is 71.1 Å². The first-order valence-electron chi connectivity index (χ1n) is 8.53. The lowest BCUT2D eigenvalue weighted by Gasteiger charge is -2.24. The van der Waals surface area contributed by atoms with E-state index < -0.39 is 17.7 Å². The Morgan fingerprint density at radius 2 is 1.89 bits per heavy atom. The van der Waals surface area contributed by atoms with E-state index in [1.165, 1.54) is 36.9 Å². The van der Waals surface area contributed by atoms with Crippen LogP contribution in [0.4, 0.5) is 5.69 Å². The van der Waals surface area contributed by atoms with Gasteiger partial charge in [-0.2, -0.15) is 0 Å². The molecular formula is C21H16N2O5. The number of hydrogen-bond donors (Lipinski definition) is 2. The zero-order valence-corrected chi connectivity index (χ0v) is 14.9. The van der Waals surface area contributed by atoms with E-state index in [1.807, 2.05) is 0 Å². The number of aliphatic hydroxyl groups is 1. The third-order valence-electron chi connectivity index (χ3n) is 4.60. The van der Waals surface area contributed by atoms with E-state index in [0.717, 1.165) is 10.5 Å². The third-order valence-corrected chi connectivity index (χ3v) is 4.60. The summed E-state index contributed by atoms with van der Waals surface area (Å²) in [4.78, 5) is 30.8. The number of aliphatic hydroxyl groups excluding tert-OH is 1. The van der Waals surface area contributed by atoms with Crippen molar-refractivity contribution >= 4 is 23.1 Å². The van der Waals surface area contributed by atoms with Crippen LogP contribution in [0.2, 0.25) is 0 Å². The lowest BCUT2D eigenvalue weighted by molar-refractivity contribution is -0.132. The zero-order chi connectivity index (χ0) is 19.8. The number of amides is 1. The minimum Gasteiger partial charge on any atom is -0.507 e. The Hall–Kier alpha value is -3.87. The minimum atomic E-state index is -1.02. The van der Waals surface area contributed by atoms with Crippen LogP contribution < -0.4 is 4.90 Å². The maximum atomic E-state index is 12.9. The summed E-state index contributed by atoms with van der Waals surface area (Å²) in [5, 5.41) is 21.1. The van der Waals surface area contributed by atoms with Crippen LogP contribution in [0.1, 0.15) is 22.9 Å². The summed E-state index contributed by atoms with van der Waals surface area (Å²) in [7, 11) is 0. The highest BCUT2D eigenvalue weighted by Crippen LogP contribution is 2.44. The van der Waals surface area contributed by atoms with Gasteiger partial charge in [-0.05, 0) is 48.9 Å². The fourth-order valence-corrected chi connectivity index (χ4v) is 3.29. The average Bonchev–Trinajstić information content (AvgIpc) is 3.31. The van der Waals surface area contributed by atoms with Crippen LogP contribution in [0, 0.1) is 6.92 Å². The first kappa shape index (κ1) is 17.5. The van der Waals surface area contributed by atoms with E-state index in [9.17, 15) is 19.8 Å². The van der Waals surface area contributed by atoms with Gasteiger partial charge in [0.1, 0.15) is 23.3 Å². The van der Waals surface area contributed by atoms with Crippen LogP contribution in [-0.2, 0) is 9.59 Å². The fraction of sp³-hybridized carbons (Fsp3) is 0.0952. The summed E-state index contributed by atoms with van der Waals surface area (Å²) in [5.41, 5.74) is 1.18. The molecule has 1 aliphatic heterocycles. The molecule has 4 rings (SSSR count). The van der Waals surface area contributed by atoms with Crippen LogP contribution in [0.25, 0.3) is 5.76 Å². The van der Waals surface area contributed by atoms with E-state index in [4.69, 9.17) is 4.42 Å². The predicted molar refractivity (Wildman–Crippen MR) is 101 cm³/mol. The first-order valence-corrected chi connectivity index (χ1v) is 8.53. The zero-order valence-electron chi connectivity index (χ0n) is 14.9. The van der Waals surface area contributed by atoms with Gasteiger partial charge in [0.15, 0.2) is 0 Å². The number of aromatic hydroxyl groups is 1. The molecule has 3 heterocycles. The number of anilines is 1. The van der Waals surface area contributed by atoms with Crippen molar-refractivity contribution in [2.45, 2.75) is 13.0 Å². The molecular weight excluding hydrogens is 360 g/mol. The monoisotopic (exact) mass is 376 g/mol. The van der Waals surface area contributed by atoms with Gasteiger partial charge in [0.2, 0.25) is 0 Å². The van der Waals surface area contributed by atoms with E-state index in [-0.39, 0.29) is 28.5 Å². The highest BCUT2D eigenvalue weighted by atomic mass is 16.3. The Morgan fingerprint density at radius 3 is 2.57 bits per heavy atom. The Morgan fingerprint density at radius 1 is 1.14 bits per heavy atom. The van der Waals surface area contributed by atoms with Crippen molar-refractivity contribution in [1.82, 2.24) is 4.98 Å². The molecule has 0 saturated carbocycles. The smallest absolute Gasteiger partial charge is 0.300 e. The fourth-order valence-electron chi connectivity index (χ4n) is 3.29. The van der Waals surface area contributed by atoms with Gasteiger partial charge in [-0.15, -0.1) is 0 Å². The number of phenols is 1. The molecule has 1 aromatic carbocycles. The predicted octanol–water partition coefficient (Wildman–Crippen LogP) is 3.31. The molecule has 0 spiro atoms. The van der Waals surface area contributed by atoms with E-state index >= 15 is 0 Å². The third kappa shape index (κ3) is 2.73. The molecule has 0 radical (unpaired) electrons. The molecule has 1 fully saturated rings. The second-order valence-corrected chi connectivity index (χ2v) is 6.41. The molecule has 0 aliphatic carbocycles. The summed E-state index contributed by atoms with van der Waals surface area (Å²) >= 11 is 0. The van der Waals surface area contributed by atoms with Crippen molar-refractivity contribution in [3.8, 4) is 5.75 Å². The lowest BCUT2D eigenvalue weighted by atomic mass is 9.99. The molecule has 1 unspecified atom stereocenters. The Balaban J connectivity index is 1.97. The van der Waals surface area contributed by atoms with Gasteiger partial charge < -0.3 is 14.6 Å². The number of ketones is 1. The quantitative estimate of drug-likeness (QED) is 0.413. The van der Waals surface area contributed by atoms with Gasteiger partial charge >= 0.3 is 0 Å². The number of carbonyl (C=O) groups excluding carboxylic acids is 2. The van der Waals surface area contributed by atoms with Gasteiger partial charge in [-0.1, -0.05) is 6.07 Å². The van der Waals surface area contributed by atoms with Crippen LogP contribution >= 0.6 is 0 Å². The maximum absolute atomic E-state index is 12.9. The largest absolute Gasteiger partial charge is 0.507 e. The number of nitrogens with zero attached hydrogens (tertiary/aromatic N) is 2. The highest BCUT2D eigenvalue weighted by molar-refractivity contribution is 6.51. The first-order chi connectivity index (χ1) is 13.5. The molecule has 28 heavy (non-hydrogen) atoms. The molecule has 1 atom stereocenters. The number of pyridine rings is 1. The molecule has 1 amide bonds. The molecule has 2 N–H and O–H groups in total. The number of benzene rings is 1. The lowest BCUT2D eigenvalue weighted by Crippen LogP contribution is -2.29. The number of aromatic nitrogens is 1. The van der Waals surface area contributed by atoms with Gasteiger partial charge in [0, 0.05) is 18.0 Å². The van der Waals surface area contributed by atoms with E-state index in [0.29, 0.717) is 5.56 Å². The topological polar surface area (TPSA) is 104 Å². The molecule has 2 aromatic heterocycles. The average molecular weight is 376 g/mol. The summed E-state index contributed by atoms with van der Waals surface area (Å²) in [6.07, 6.45) is 4.36. The van der Waals surface area contributed by atoms with Crippen molar-refractivity contribution in [2.75, 3.05) is 4.90 Å². The second-order valence-electron chi connectivity index (χ2n) is 6.41. The number of phenolic OH excluding ortho intramolecular Hbond substituents is 1. The number of hydrogen-bond acceptors (Lipinski definition) is 6. The normalized spacial score (nSPS) is 18.6. The van der Waals surface area contributed by atoms with Gasteiger partial charge in [0.25, 0.3) is 11.7 Å². The summed E-state index contributed by atoms with van der Waals surface area (Å²) in [6, 6.07) is 10.0. The molecule has 0 bridgehead atoms. The Labute approximate surface area is 160 Å². The van der Waals surface area contributed by atoms with Crippen molar-refractivity contribution in [2.24, 2.45) is 0 Å². The van der Waals surface area contributed by atoms with E-state index in [2.05, 4.69) is 4.98 Å². The Kier molecular flexibility index (Phi) is 4.19. The molecule has 3 aromatic rings. The van der Waals surface area contributed by atoms with Gasteiger partial charge in [0.05, 0.1) is 17.5 Å². The van der Waals surface area contributed by atoms with Gasteiger partial charge in [-0.25, -0.2) is 0 Å². The molecule has 1 saturated heterocycles. The minimum absolute atomic E-state index is 0.118.